The van der Waals surface area contributed by atoms with Gasteiger partial charge in [-0.1, -0.05) is 42.5 Å². The fourth-order valence-electron chi connectivity index (χ4n) is 3.88. The molecule has 148 valence electrons. The number of furan rings is 1. The zero-order valence-electron chi connectivity index (χ0n) is 16.1. The third kappa shape index (κ3) is 3.33. The molecule has 0 fully saturated rings. The van der Waals surface area contributed by atoms with E-state index in [9.17, 15) is 9.59 Å². The van der Waals surface area contributed by atoms with E-state index in [1.165, 1.54) is 6.26 Å². The highest BCUT2D eigenvalue weighted by Gasteiger charge is 2.36. The van der Waals surface area contributed by atoms with Gasteiger partial charge in [-0.05, 0) is 35.4 Å². The molecule has 2 amide bonds. The molecule has 1 unspecified atom stereocenters. The Morgan fingerprint density at radius 3 is 2.63 bits per heavy atom. The molecule has 0 saturated carbocycles. The van der Waals surface area contributed by atoms with E-state index >= 15 is 0 Å². The number of hydrogen-bond donors (Lipinski definition) is 1. The summed E-state index contributed by atoms with van der Waals surface area (Å²) >= 11 is 0. The van der Waals surface area contributed by atoms with Crippen LogP contribution < -0.4 is 5.32 Å². The van der Waals surface area contributed by atoms with Crippen molar-refractivity contribution in [1.82, 2.24) is 9.88 Å². The predicted molar refractivity (Wildman–Crippen MR) is 113 cm³/mol. The highest BCUT2D eigenvalue weighted by atomic mass is 16.3. The zero-order chi connectivity index (χ0) is 20.5. The quantitative estimate of drug-likeness (QED) is 0.566. The lowest BCUT2D eigenvalue weighted by Gasteiger charge is -2.35. The lowest BCUT2D eigenvalue weighted by Crippen LogP contribution is -2.50. The van der Waals surface area contributed by atoms with E-state index < -0.39 is 6.04 Å². The van der Waals surface area contributed by atoms with Crippen molar-refractivity contribution in [3.63, 3.8) is 0 Å². The van der Waals surface area contributed by atoms with Gasteiger partial charge in [0.1, 0.15) is 6.04 Å². The van der Waals surface area contributed by atoms with Crippen LogP contribution in [0.4, 0.5) is 5.69 Å². The average Bonchev–Trinajstić information content (AvgIpc) is 3.32. The highest BCUT2D eigenvalue weighted by molar-refractivity contribution is 6.01. The number of fused-ring (bicyclic) bond motifs is 2. The van der Waals surface area contributed by atoms with Gasteiger partial charge in [0.25, 0.3) is 5.91 Å². The minimum Gasteiger partial charge on any atom is -0.459 e. The molecule has 6 heteroatoms. The van der Waals surface area contributed by atoms with Gasteiger partial charge in [0.15, 0.2) is 5.76 Å². The molecule has 2 aromatic carbocycles. The number of carbonyl (C=O) groups is 2. The van der Waals surface area contributed by atoms with Crippen molar-refractivity contribution < 1.29 is 14.0 Å². The lowest BCUT2D eigenvalue weighted by molar-refractivity contribution is -0.121. The summed E-state index contributed by atoms with van der Waals surface area (Å²) in [4.78, 5) is 32.3. The number of anilines is 1. The standard InChI is InChI=1S/C24H19N3O3/c28-23(26-19-12-17-7-3-4-9-20(17)25-14-19)21-13-16-6-1-2-8-18(16)15-27(21)24(29)22-10-5-11-30-22/h1-12,14,21H,13,15H2,(H,26,28). The van der Waals surface area contributed by atoms with Crippen molar-refractivity contribution >= 4 is 28.4 Å². The fraction of sp³-hybridized carbons (Fsp3) is 0.125. The van der Waals surface area contributed by atoms with Gasteiger partial charge in [-0.3, -0.25) is 14.6 Å². The molecule has 4 aromatic rings. The molecule has 1 aliphatic rings. The van der Waals surface area contributed by atoms with Gasteiger partial charge in [-0.15, -0.1) is 0 Å². The Kier molecular flexibility index (Phi) is 4.52. The van der Waals surface area contributed by atoms with Crippen molar-refractivity contribution in [2.24, 2.45) is 0 Å². The van der Waals surface area contributed by atoms with Crippen LogP contribution >= 0.6 is 0 Å². The van der Waals surface area contributed by atoms with Crippen molar-refractivity contribution in [3.05, 3.63) is 96.1 Å². The Balaban J connectivity index is 1.45. The Morgan fingerprint density at radius 2 is 1.80 bits per heavy atom. The normalized spacial score (nSPS) is 15.6. The van der Waals surface area contributed by atoms with E-state index in [2.05, 4.69) is 10.3 Å². The topological polar surface area (TPSA) is 75.4 Å². The molecule has 0 saturated heterocycles. The van der Waals surface area contributed by atoms with E-state index in [0.29, 0.717) is 18.7 Å². The van der Waals surface area contributed by atoms with E-state index in [0.717, 1.165) is 22.0 Å². The zero-order valence-corrected chi connectivity index (χ0v) is 16.1. The third-order valence-electron chi connectivity index (χ3n) is 5.40. The molecule has 3 heterocycles. The summed E-state index contributed by atoms with van der Waals surface area (Å²) in [6.45, 7) is 0.351. The number of hydrogen-bond acceptors (Lipinski definition) is 4. The average molecular weight is 397 g/mol. The smallest absolute Gasteiger partial charge is 0.290 e. The second-order valence-corrected chi connectivity index (χ2v) is 7.30. The van der Waals surface area contributed by atoms with Crippen molar-refractivity contribution in [2.75, 3.05) is 5.32 Å². The van der Waals surface area contributed by atoms with Gasteiger partial charge in [-0.2, -0.15) is 0 Å². The molecule has 6 nitrogen and oxygen atoms in total. The number of pyridine rings is 1. The minimum atomic E-state index is -0.649. The number of carbonyl (C=O) groups excluding carboxylic acids is 2. The summed E-state index contributed by atoms with van der Waals surface area (Å²) in [6, 6.07) is 20.1. The molecule has 1 aliphatic heterocycles. The minimum absolute atomic E-state index is 0.222. The van der Waals surface area contributed by atoms with Gasteiger partial charge in [0.2, 0.25) is 5.91 Å². The largest absolute Gasteiger partial charge is 0.459 e. The molecule has 0 aliphatic carbocycles. The SMILES string of the molecule is O=C(Nc1cnc2ccccc2c1)C1Cc2ccccc2CN1C(=O)c1ccco1. The van der Waals surface area contributed by atoms with Crippen molar-refractivity contribution in [1.29, 1.82) is 0 Å². The van der Waals surface area contributed by atoms with Crippen molar-refractivity contribution in [2.45, 2.75) is 19.0 Å². The molecule has 1 N–H and O–H groups in total. The number of amides is 2. The summed E-state index contributed by atoms with van der Waals surface area (Å²) < 4.78 is 5.30. The van der Waals surface area contributed by atoms with E-state index in [-0.39, 0.29) is 17.6 Å². The van der Waals surface area contributed by atoms with E-state index in [1.807, 2.05) is 54.6 Å². The van der Waals surface area contributed by atoms with Crippen LogP contribution in [0.25, 0.3) is 10.9 Å². The third-order valence-corrected chi connectivity index (χ3v) is 5.40. The lowest BCUT2D eigenvalue weighted by atomic mass is 9.93. The van der Waals surface area contributed by atoms with Gasteiger partial charge in [0.05, 0.1) is 23.7 Å². The molecular formula is C24H19N3O3. The molecule has 0 bridgehead atoms. The van der Waals surface area contributed by atoms with Crippen LogP contribution in [-0.4, -0.2) is 27.7 Å². The van der Waals surface area contributed by atoms with Crippen LogP contribution in [0.2, 0.25) is 0 Å². The second-order valence-electron chi connectivity index (χ2n) is 7.30. The van der Waals surface area contributed by atoms with Gasteiger partial charge >= 0.3 is 0 Å². The molecule has 5 rings (SSSR count). The molecule has 2 aromatic heterocycles. The van der Waals surface area contributed by atoms with Crippen LogP contribution in [0.1, 0.15) is 21.7 Å². The Bertz CT molecular complexity index is 1230. The van der Waals surface area contributed by atoms with Crippen LogP contribution in [0.15, 0.2) is 83.6 Å². The Hall–Kier alpha value is -3.93. The molecule has 1 atom stereocenters. The fourth-order valence-corrected chi connectivity index (χ4v) is 3.88. The maximum absolute atomic E-state index is 13.2. The number of nitrogens with one attached hydrogen (secondary N) is 1. The maximum atomic E-state index is 13.2. The van der Waals surface area contributed by atoms with Crippen LogP contribution in [0.5, 0.6) is 0 Å². The summed E-state index contributed by atoms with van der Waals surface area (Å²) in [5.41, 5.74) is 3.56. The second kappa shape index (κ2) is 7.48. The van der Waals surface area contributed by atoms with Crippen LogP contribution in [0.3, 0.4) is 0 Å². The van der Waals surface area contributed by atoms with E-state index in [4.69, 9.17) is 4.42 Å². The first-order valence-electron chi connectivity index (χ1n) is 9.76. The summed E-state index contributed by atoms with van der Waals surface area (Å²) in [6.07, 6.45) is 3.53. The molecular weight excluding hydrogens is 378 g/mol. The molecule has 0 spiro atoms. The number of aromatic nitrogens is 1. The predicted octanol–water partition coefficient (Wildman–Crippen LogP) is 4.03. The van der Waals surface area contributed by atoms with Crippen LogP contribution in [-0.2, 0) is 17.8 Å². The Morgan fingerprint density at radius 1 is 1.00 bits per heavy atom. The summed E-state index contributed by atoms with van der Waals surface area (Å²) in [5.74, 6) is -0.327. The maximum Gasteiger partial charge on any atom is 0.290 e. The molecule has 30 heavy (non-hydrogen) atoms. The molecule has 0 radical (unpaired) electrons. The first kappa shape index (κ1) is 18.1. The van der Waals surface area contributed by atoms with Crippen molar-refractivity contribution in [3.8, 4) is 0 Å². The van der Waals surface area contributed by atoms with Gasteiger partial charge in [-0.25, -0.2) is 0 Å². The summed E-state index contributed by atoms with van der Waals surface area (Å²) in [7, 11) is 0. The van der Waals surface area contributed by atoms with Crippen LogP contribution in [0, 0.1) is 0 Å². The number of nitrogens with zero attached hydrogens (tertiary/aromatic N) is 2. The van der Waals surface area contributed by atoms with Gasteiger partial charge in [0, 0.05) is 18.4 Å². The number of rotatable bonds is 3. The monoisotopic (exact) mass is 397 g/mol. The summed E-state index contributed by atoms with van der Waals surface area (Å²) in [5, 5.41) is 3.88. The van der Waals surface area contributed by atoms with Gasteiger partial charge < -0.3 is 14.6 Å². The first-order chi connectivity index (χ1) is 14.7. The number of para-hydroxylation sites is 1. The first-order valence-corrected chi connectivity index (χ1v) is 9.76. The highest BCUT2D eigenvalue weighted by Crippen LogP contribution is 2.26. The van der Waals surface area contributed by atoms with E-state index in [1.54, 1.807) is 23.2 Å². The number of benzene rings is 2. The Labute approximate surface area is 173 Å².